The summed E-state index contributed by atoms with van der Waals surface area (Å²) in [7, 11) is 4.20. The molecule has 7 nitrogen and oxygen atoms in total. The number of likely N-dealkylation sites (N-methyl/N-ethyl adjacent to an activating group) is 1. The average Bonchev–Trinajstić information content (AvgIpc) is 3.16. The van der Waals surface area contributed by atoms with Crippen LogP contribution < -0.4 is 10.1 Å². The minimum Gasteiger partial charge on any atom is -0.474 e. The molecule has 3 aromatic rings. The van der Waals surface area contributed by atoms with Crippen LogP contribution in [0.5, 0.6) is 5.88 Å². The van der Waals surface area contributed by atoms with E-state index in [-0.39, 0.29) is 6.10 Å². The van der Waals surface area contributed by atoms with Crippen LogP contribution in [-0.2, 0) is 12.8 Å². The summed E-state index contributed by atoms with van der Waals surface area (Å²) in [5.41, 5.74) is 2.42. The van der Waals surface area contributed by atoms with E-state index >= 15 is 0 Å². The molecule has 0 amide bonds. The summed E-state index contributed by atoms with van der Waals surface area (Å²) >= 11 is 6.41. The van der Waals surface area contributed by atoms with Crippen molar-refractivity contribution >= 4 is 11.6 Å². The maximum atomic E-state index is 6.41. The number of nitrogens with zero attached hydrogens (tertiary/aromatic N) is 5. The molecule has 3 heterocycles. The van der Waals surface area contributed by atoms with Crippen LogP contribution in [0.3, 0.4) is 0 Å². The van der Waals surface area contributed by atoms with Crippen molar-refractivity contribution in [3.05, 3.63) is 64.8 Å². The first-order valence-corrected chi connectivity index (χ1v) is 12.6. The van der Waals surface area contributed by atoms with Crippen molar-refractivity contribution in [3.63, 3.8) is 0 Å². The summed E-state index contributed by atoms with van der Waals surface area (Å²) in [5, 5.41) is 13.9. The topological polar surface area (TPSA) is 68.1 Å². The van der Waals surface area contributed by atoms with Crippen molar-refractivity contribution in [1.29, 1.82) is 0 Å². The Bertz CT molecular complexity index is 1090. The van der Waals surface area contributed by atoms with Gasteiger partial charge in [0, 0.05) is 48.8 Å². The zero-order chi connectivity index (χ0) is 23.5. The first-order valence-electron chi connectivity index (χ1n) is 12.3. The zero-order valence-electron chi connectivity index (χ0n) is 20.0. The number of hydrogen-bond acceptors (Lipinski definition) is 6. The van der Waals surface area contributed by atoms with E-state index in [1.807, 2.05) is 24.3 Å². The Morgan fingerprint density at radius 1 is 1.09 bits per heavy atom. The molecule has 1 N–H and O–H groups in total. The number of pyridine rings is 1. The van der Waals surface area contributed by atoms with E-state index in [4.69, 9.17) is 21.4 Å². The van der Waals surface area contributed by atoms with E-state index in [2.05, 4.69) is 51.1 Å². The van der Waals surface area contributed by atoms with Gasteiger partial charge in [-0.1, -0.05) is 17.7 Å². The third-order valence-electron chi connectivity index (χ3n) is 6.89. The van der Waals surface area contributed by atoms with Crippen LogP contribution in [0.25, 0.3) is 5.69 Å². The Morgan fingerprint density at radius 2 is 1.94 bits per heavy atom. The quantitative estimate of drug-likeness (QED) is 0.550. The minimum absolute atomic E-state index is 0.203. The minimum atomic E-state index is 0.203. The SMILES string of the molecule is CN(C)CCN[C@@H]1Cc2cc(Cl)ccc2-n2c(nnc2C2CCC(Oc3ccccn3)CC2)C1. The van der Waals surface area contributed by atoms with Gasteiger partial charge >= 0.3 is 0 Å². The monoisotopic (exact) mass is 480 g/mol. The van der Waals surface area contributed by atoms with Gasteiger partial charge in [0.15, 0.2) is 0 Å². The second-order valence-electron chi connectivity index (χ2n) is 9.70. The number of aromatic nitrogens is 4. The molecule has 1 aromatic carbocycles. The highest BCUT2D eigenvalue weighted by atomic mass is 35.5. The molecular formula is C26H33ClN6O. The summed E-state index contributed by atoms with van der Waals surface area (Å²) in [6, 6.07) is 12.3. The lowest BCUT2D eigenvalue weighted by Crippen LogP contribution is -2.37. The molecular weight excluding hydrogens is 448 g/mol. The Morgan fingerprint density at radius 3 is 2.71 bits per heavy atom. The number of rotatable bonds is 7. The largest absolute Gasteiger partial charge is 0.474 e. The molecule has 1 atom stereocenters. The third-order valence-corrected chi connectivity index (χ3v) is 7.12. The summed E-state index contributed by atoms with van der Waals surface area (Å²) in [5.74, 6) is 3.18. The lowest BCUT2D eigenvalue weighted by atomic mass is 9.86. The number of fused-ring (bicyclic) bond motifs is 3. The van der Waals surface area contributed by atoms with Gasteiger partial charge in [-0.2, -0.15) is 0 Å². The van der Waals surface area contributed by atoms with Crippen LogP contribution in [-0.4, -0.2) is 64.0 Å². The lowest BCUT2D eigenvalue weighted by molar-refractivity contribution is 0.139. The van der Waals surface area contributed by atoms with Gasteiger partial charge in [-0.05, 0) is 76.0 Å². The summed E-state index contributed by atoms with van der Waals surface area (Å²) < 4.78 is 8.42. The standard InChI is InChI=1S/C26H33ClN6O/c1-32(2)14-13-28-21-16-19-15-20(27)8-11-23(19)33-24(17-21)30-31-26(33)18-6-9-22(10-7-18)34-25-5-3-4-12-29-25/h3-5,8,11-12,15,18,21-22,28H,6-7,9-10,13-14,16-17H2,1-2H3/t18?,21-,22?/m1/s1. The molecule has 1 saturated carbocycles. The Balaban J connectivity index is 1.35. The maximum absolute atomic E-state index is 6.41. The predicted molar refractivity (Wildman–Crippen MR) is 134 cm³/mol. The molecule has 0 radical (unpaired) electrons. The maximum Gasteiger partial charge on any atom is 0.213 e. The smallest absolute Gasteiger partial charge is 0.213 e. The van der Waals surface area contributed by atoms with Gasteiger partial charge in [0.2, 0.25) is 5.88 Å². The molecule has 1 fully saturated rings. The molecule has 5 rings (SSSR count). The number of hydrogen-bond donors (Lipinski definition) is 1. The van der Waals surface area contributed by atoms with Crippen molar-refractivity contribution < 1.29 is 4.74 Å². The van der Waals surface area contributed by atoms with Gasteiger partial charge in [-0.15, -0.1) is 10.2 Å². The van der Waals surface area contributed by atoms with Crippen molar-refractivity contribution in [3.8, 4) is 11.6 Å². The molecule has 0 unspecified atom stereocenters. The molecule has 34 heavy (non-hydrogen) atoms. The van der Waals surface area contributed by atoms with Gasteiger partial charge in [-0.25, -0.2) is 4.98 Å². The lowest BCUT2D eigenvalue weighted by Gasteiger charge is -2.28. The summed E-state index contributed by atoms with van der Waals surface area (Å²) in [4.78, 5) is 6.51. The second-order valence-corrected chi connectivity index (χ2v) is 10.1. The molecule has 1 aliphatic carbocycles. The Kier molecular flexibility index (Phi) is 7.13. The van der Waals surface area contributed by atoms with Gasteiger partial charge in [0.1, 0.15) is 17.8 Å². The first kappa shape index (κ1) is 23.3. The third kappa shape index (κ3) is 5.27. The van der Waals surface area contributed by atoms with E-state index < -0.39 is 0 Å². The first-order chi connectivity index (χ1) is 16.6. The van der Waals surface area contributed by atoms with Gasteiger partial charge in [0.05, 0.1) is 5.69 Å². The molecule has 1 aliphatic heterocycles. The van der Waals surface area contributed by atoms with E-state index in [1.54, 1.807) is 6.20 Å². The average molecular weight is 481 g/mol. The van der Waals surface area contributed by atoms with Crippen LogP contribution >= 0.6 is 11.6 Å². The molecule has 2 aliphatic rings. The number of ether oxygens (including phenoxy) is 1. The highest BCUT2D eigenvalue weighted by Gasteiger charge is 2.31. The summed E-state index contributed by atoms with van der Waals surface area (Å²) in [6.45, 7) is 1.94. The van der Waals surface area contributed by atoms with Crippen LogP contribution in [0, 0.1) is 0 Å². The molecule has 8 heteroatoms. The van der Waals surface area contributed by atoms with E-state index in [1.165, 1.54) is 11.3 Å². The van der Waals surface area contributed by atoms with E-state index in [0.717, 1.165) is 68.3 Å². The van der Waals surface area contributed by atoms with Crippen LogP contribution in [0.2, 0.25) is 5.02 Å². The van der Waals surface area contributed by atoms with Crippen molar-refractivity contribution in [2.45, 2.75) is 56.6 Å². The predicted octanol–water partition coefficient (Wildman–Crippen LogP) is 4.04. The molecule has 0 saturated heterocycles. The fraction of sp³-hybridized carbons (Fsp3) is 0.500. The molecule has 0 spiro atoms. The number of halogens is 1. The van der Waals surface area contributed by atoms with E-state index in [9.17, 15) is 0 Å². The van der Waals surface area contributed by atoms with Gasteiger partial charge in [0.25, 0.3) is 0 Å². The number of benzene rings is 1. The molecule has 180 valence electrons. The normalized spacial score (nSPS) is 22.2. The highest BCUT2D eigenvalue weighted by Crippen LogP contribution is 2.37. The van der Waals surface area contributed by atoms with Gasteiger partial charge < -0.3 is 15.0 Å². The number of nitrogens with one attached hydrogen (secondary N) is 1. The second kappa shape index (κ2) is 10.4. The Labute approximate surface area is 206 Å². The molecule has 2 aromatic heterocycles. The highest BCUT2D eigenvalue weighted by molar-refractivity contribution is 6.30. The van der Waals surface area contributed by atoms with Crippen LogP contribution in [0.1, 0.15) is 48.8 Å². The van der Waals surface area contributed by atoms with Crippen molar-refractivity contribution in [2.75, 3.05) is 27.2 Å². The van der Waals surface area contributed by atoms with Crippen LogP contribution in [0.15, 0.2) is 42.6 Å². The Hall–Kier alpha value is -2.48. The van der Waals surface area contributed by atoms with E-state index in [0.29, 0.717) is 17.8 Å². The fourth-order valence-corrected chi connectivity index (χ4v) is 5.34. The van der Waals surface area contributed by atoms with Gasteiger partial charge in [-0.3, -0.25) is 4.57 Å². The van der Waals surface area contributed by atoms with Crippen molar-refractivity contribution in [1.82, 2.24) is 30.0 Å². The molecule has 0 bridgehead atoms. The zero-order valence-corrected chi connectivity index (χ0v) is 20.7. The fourth-order valence-electron chi connectivity index (χ4n) is 5.15. The van der Waals surface area contributed by atoms with Crippen molar-refractivity contribution in [2.24, 2.45) is 0 Å². The van der Waals surface area contributed by atoms with Crippen LogP contribution in [0.4, 0.5) is 0 Å². The summed E-state index contributed by atoms with van der Waals surface area (Å²) in [6.07, 6.45) is 7.80.